The summed E-state index contributed by atoms with van der Waals surface area (Å²) in [7, 11) is 0. The lowest BCUT2D eigenvalue weighted by Crippen LogP contribution is -2.51. The van der Waals surface area contributed by atoms with E-state index in [4.69, 9.17) is 4.74 Å². The van der Waals surface area contributed by atoms with Gasteiger partial charge < -0.3 is 25.4 Å². The molecule has 0 aromatic heterocycles. The van der Waals surface area contributed by atoms with Crippen LogP contribution in [0.4, 0.5) is 0 Å². The predicted molar refractivity (Wildman–Crippen MR) is 112 cm³/mol. The van der Waals surface area contributed by atoms with Gasteiger partial charge in [-0.1, -0.05) is 36.8 Å². The third-order valence-corrected chi connectivity index (χ3v) is 7.03. The molecule has 2 heterocycles. The first-order valence-corrected chi connectivity index (χ1v) is 11.3. The smallest absolute Gasteiger partial charge is 0.0916 e. The lowest BCUT2D eigenvalue weighted by Gasteiger charge is -2.36. The first kappa shape index (κ1) is 20.3. The van der Waals surface area contributed by atoms with E-state index in [0.29, 0.717) is 12.1 Å². The average Bonchev–Trinajstić information content (AvgIpc) is 3.23. The average molecular weight is 388 g/mol. The van der Waals surface area contributed by atoms with Crippen LogP contribution in [0, 0.1) is 11.8 Å². The van der Waals surface area contributed by atoms with Crippen LogP contribution < -0.4 is 10.6 Å². The molecule has 5 heteroatoms. The Morgan fingerprint density at radius 2 is 1.96 bits per heavy atom. The molecule has 1 aliphatic carbocycles. The van der Waals surface area contributed by atoms with Gasteiger partial charge in [-0.25, -0.2) is 0 Å². The van der Waals surface area contributed by atoms with Gasteiger partial charge in [-0.15, -0.1) is 0 Å². The van der Waals surface area contributed by atoms with Crippen molar-refractivity contribution in [3.05, 3.63) is 35.9 Å². The molecule has 156 valence electrons. The van der Waals surface area contributed by atoms with Gasteiger partial charge in [0.1, 0.15) is 0 Å². The zero-order valence-corrected chi connectivity index (χ0v) is 17.1. The Morgan fingerprint density at radius 1 is 1.14 bits per heavy atom. The van der Waals surface area contributed by atoms with Crippen molar-refractivity contribution in [2.24, 2.45) is 11.8 Å². The van der Waals surface area contributed by atoms with Gasteiger partial charge in [-0.2, -0.15) is 0 Å². The summed E-state index contributed by atoms with van der Waals surface area (Å²) in [6, 6.07) is 11.2. The van der Waals surface area contributed by atoms with E-state index in [1.54, 1.807) is 0 Å². The zero-order chi connectivity index (χ0) is 19.2. The SMILES string of the molecule is OC(CN1CCC(CNC2CCCC2C2COCCN2)CC1)c1ccccc1. The number of ether oxygens (including phenoxy) is 1. The van der Waals surface area contributed by atoms with Crippen molar-refractivity contribution in [3.8, 4) is 0 Å². The number of nitrogens with zero attached hydrogens (tertiary/aromatic N) is 1. The highest BCUT2D eigenvalue weighted by molar-refractivity contribution is 5.17. The van der Waals surface area contributed by atoms with E-state index in [9.17, 15) is 5.11 Å². The van der Waals surface area contributed by atoms with E-state index in [1.807, 2.05) is 30.3 Å². The van der Waals surface area contributed by atoms with Crippen LogP contribution in [0.1, 0.15) is 43.8 Å². The second-order valence-electron chi connectivity index (χ2n) is 8.92. The Kier molecular flexibility index (Phi) is 7.37. The molecule has 1 saturated carbocycles. The molecule has 5 nitrogen and oxygen atoms in total. The van der Waals surface area contributed by atoms with Crippen LogP contribution in [0.2, 0.25) is 0 Å². The maximum Gasteiger partial charge on any atom is 0.0916 e. The number of morpholine rings is 1. The van der Waals surface area contributed by atoms with E-state index in [-0.39, 0.29) is 6.10 Å². The highest BCUT2D eigenvalue weighted by atomic mass is 16.5. The van der Waals surface area contributed by atoms with Gasteiger partial charge in [0.2, 0.25) is 0 Å². The predicted octanol–water partition coefficient (Wildman–Crippen LogP) is 2.18. The van der Waals surface area contributed by atoms with Crippen LogP contribution >= 0.6 is 0 Å². The molecule has 2 saturated heterocycles. The largest absolute Gasteiger partial charge is 0.387 e. The first-order chi connectivity index (χ1) is 13.8. The summed E-state index contributed by atoms with van der Waals surface area (Å²) in [6.45, 7) is 6.84. The van der Waals surface area contributed by atoms with E-state index >= 15 is 0 Å². The molecule has 1 aromatic rings. The standard InChI is InChI=1S/C23H37N3O2/c27-23(19-5-2-1-3-6-19)16-26-12-9-18(10-13-26)15-25-21-8-4-7-20(21)22-17-28-14-11-24-22/h1-3,5-6,18,20-25,27H,4,7-17H2. The van der Waals surface area contributed by atoms with Crippen LogP contribution in [0.15, 0.2) is 30.3 Å². The summed E-state index contributed by atoms with van der Waals surface area (Å²) in [5, 5.41) is 18.1. The van der Waals surface area contributed by atoms with Crippen molar-refractivity contribution in [2.45, 2.75) is 50.3 Å². The van der Waals surface area contributed by atoms with Crippen LogP contribution in [-0.4, -0.2) is 68.0 Å². The van der Waals surface area contributed by atoms with Crippen molar-refractivity contribution >= 4 is 0 Å². The molecule has 4 atom stereocenters. The Labute approximate surface area is 169 Å². The van der Waals surface area contributed by atoms with E-state index in [0.717, 1.165) is 63.3 Å². The molecule has 3 fully saturated rings. The number of likely N-dealkylation sites (tertiary alicyclic amines) is 1. The normalized spacial score (nSPS) is 31.1. The molecule has 1 aromatic carbocycles. The second kappa shape index (κ2) is 10.2. The maximum absolute atomic E-state index is 10.5. The Balaban J connectivity index is 1.17. The minimum absolute atomic E-state index is 0.375. The maximum atomic E-state index is 10.5. The van der Waals surface area contributed by atoms with Gasteiger partial charge in [0, 0.05) is 25.2 Å². The molecule has 28 heavy (non-hydrogen) atoms. The Bertz CT molecular complexity index is 570. The van der Waals surface area contributed by atoms with Crippen molar-refractivity contribution in [1.29, 1.82) is 0 Å². The molecule has 2 aliphatic heterocycles. The monoisotopic (exact) mass is 387 g/mol. The molecular weight excluding hydrogens is 350 g/mol. The lowest BCUT2D eigenvalue weighted by atomic mass is 9.92. The number of benzene rings is 1. The van der Waals surface area contributed by atoms with Crippen molar-refractivity contribution < 1.29 is 9.84 Å². The van der Waals surface area contributed by atoms with Crippen molar-refractivity contribution in [3.63, 3.8) is 0 Å². The van der Waals surface area contributed by atoms with E-state index in [1.165, 1.54) is 32.1 Å². The highest BCUT2D eigenvalue weighted by Crippen LogP contribution is 2.30. The Morgan fingerprint density at radius 3 is 2.71 bits per heavy atom. The van der Waals surface area contributed by atoms with Crippen LogP contribution in [0.25, 0.3) is 0 Å². The summed E-state index contributed by atoms with van der Waals surface area (Å²) in [5.41, 5.74) is 1.03. The zero-order valence-electron chi connectivity index (χ0n) is 17.1. The van der Waals surface area contributed by atoms with Gasteiger partial charge in [0.25, 0.3) is 0 Å². The number of piperidine rings is 1. The van der Waals surface area contributed by atoms with Gasteiger partial charge in [0.05, 0.1) is 19.3 Å². The fourth-order valence-electron chi connectivity index (χ4n) is 5.30. The summed E-state index contributed by atoms with van der Waals surface area (Å²) in [5.74, 6) is 1.49. The number of hydrogen-bond acceptors (Lipinski definition) is 5. The third kappa shape index (κ3) is 5.33. The molecule has 0 radical (unpaired) electrons. The minimum Gasteiger partial charge on any atom is -0.387 e. The fraction of sp³-hybridized carbons (Fsp3) is 0.739. The Hall–Kier alpha value is -0.980. The van der Waals surface area contributed by atoms with Crippen LogP contribution in [0.3, 0.4) is 0 Å². The van der Waals surface area contributed by atoms with E-state index < -0.39 is 0 Å². The second-order valence-corrected chi connectivity index (χ2v) is 8.92. The van der Waals surface area contributed by atoms with Crippen molar-refractivity contribution in [2.75, 3.05) is 45.9 Å². The fourth-order valence-corrected chi connectivity index (χ4v) is 5.30. The minimum atomic E-state index is -0.375. The molecule has 3 aliphatic rings. The molecule has 3 N–H and O–H groups in total. The third-order valence-electron chi connectivity index (χ3n) is 7.03. The quantitative estimate of drug-likeness (QED) is 0.670. The number of rotatable bonds is 7. The topological polar surface area (TPSA) is 56.8 Å². The molecule has 4 rings (SSSR count). The molecule has 4 unspecified atom stereocenters. The summed E-state index contributed by atoms with van der Waals surface area (Å²) < 4.78 is 5.70. The molecule has 0 bridgehead atoms. The highest BCUT2D eigenvalue weighted by Gasteiger charge is 2.35. The number of hydrogen-bond donors (Lipinski definition) is 3. The molecular formula is C23H37N3O2. The van der Waals surface area contributed by atoms with Gasteiger partial charge >= 0.3 is 0 Å². The van der Waals surface area contributed by atoms with Gasteiger partial charge in [-0.05, 0) is 62.7 Å². The first-order valence-electron chi connectivity index (χ1n) is 11.3. The number of aliphatic hydroxyl groups is 1. The molecule has 0 spiro atoms. The van der Waals surface area contributed by atoms with Crippen LogP contribution in [-0.2, 0) is 4.74 Å². The van der Waals surface area contributed by atoms with Crippen molar-refractivity contribution in [1.82, 2.24) is 15.5 Å². The summed E-state index contributed by atoms with van der Waals surface area (Å²) in [6.07, 6.45) is 6.07. The van der Waals surface area contributed by atoms with Crippen LogP contribution in [0.5, 0.6) is 0 Å². The van der Waals surface area contributed by atoms with E-state index in [2.05, 4.69) is 15.5 Å². The number of nitrogens with one attached hydrogen (secondary N) is 2. The lowest BCUT2D eigenvalue weighted by molar-refractivity contribution is 0.0515. The van der Waals surface area contributed by atoms with Gasteiger partial charge in [0.15, 0.2) is 0 Å². The summed E-state index contributed by atoms with van der Waals surface area (Å²) >= 11 is 0. The number of β-amino-alcohol motifs (C(OH)–C–C–N with tert-alkyl or cyclic N) is 1. The summed E-state index contributed by atoms with van der Waals surface area (Å²) in [4.78, 5) is 2.43. The molecule has 0 amide bonds. The van der Waals surface area contributed by atoms with Gasteiger partial charge in [-0.3, -0.25) is 0 Å². The number of aliphatic hydroxyl groups excluding tert-OH is 1.